The summed E-state index contributed by atoms with van der Waals surface area (Å²) in [6.45, 7) is 5.78. The van der Waals surface area contributed by atoms with Gasteiger partial charge in [-0.05, 0) is 49.5 Å². The predicted octanol–water partition coefficient (Wildman–Crippen LogP) is 2.27. The summed E-state index contributed by atoms with van der Waals surface area (Å²) in [5, 5.41) is 6.35. The van der Waals surface area contributed by atoms with Crippen molar-refractivity contribution in [1.29, 1.82) is 0 Å². The minimum atomic E-state index is -0.230. The molecule has 2 fully saturated rings. The van der Waals surface area contributed by atoms with Crippen molar-refractivity contribution in [2.24, 2.45) is 11.8 Å². The molecule has 2 saturated heterocycles. The van der Waals surface area contributed by atoms with Crippen molar-refractivity contribution in [1.82, 2.24) is 10.6 Å². The third-order valence-electron chi connectivity index (χ3n) is 5.44. The molecule has 2 heterocycles. The number of hydrogen-bond donors (Lipinski definition) is 2. The van der Waals surface area contributed by atoms with E-state index in [4.69, 9.17) is 4.74 Å². The van der Waals surface area contributed by atoms with Gasteiger partial charge in [-0.15, -0.1) is 12.4 Å². The third kappa shape index (κ3) is 4.08. The topological polar surface area (TPSA) is 50.4 Å². The first-order valence-electron chi connectivity index (χ1n) is 8.43. The van der Waals surface area contributed by atoms with Crippen LogP contribution in [0.1, 0.15) is 25.3 Å². The third-order valence-corrected chi connectivity index (χ3v) is 5.44. The van der Waals surface area contributed by atoms with Gasteiger partial charge in [0.2, 0.25) is 5.91 Å². The molecule has 2 N–H and O–H groups in total. The van der Waals surface area contributed by atoms with Gasteiger partial charge in [-0.1, -0.05) is 19.1 Å². The van der Waals surface area contributed by atoms with E-state index in [1.807, 2.05) is 19.1 Å². The summed E-state index contributed by atoms with van der Waals surface area (Å²) in [5.74, 6) is 0.350. The van der Waals surface area contributed by atoms with Crippen LogP contribution in [0.25, 0.3) is 0 Å². The van der Waals surface area contributed by atoms with Crippen molar-refractivity contribution >= 4 is 18.3 Å². The molecule has 1 aromatic rings. The average Bonchev–Trinajstić information content (AvgIpc) is 2.52. The van der Waals surface area contributed by atoms with Crippen LogP contribution in [-0.4, -0.2) is 38.8 Å². The number of halogens is 2. The van der Waals surface area contributed by atoms with Gasteiger partial charge in [0.25, 0.3) is 0 Å². The van der Waals surface area contributed by atoms with Gasteiger partial charge >= 0.3 is 0 Å². The Bertz CT molecular complexity index is 542. The van der Waals surface area contributed by atoms with Crippen LogP contribution in [0.2, 0.25) is 0 Å². The summed E-state index contributed by atoms with van der Waals surface area (Å²) < 4.78 is 18.7. The lowest BCUT2D eigenvalue weighted by Crippen LogP contribution is -2.51. The molecular weight excluding hydrogens is 331 g/mol. The number of rotatable bonds is 5. The van der Waals surface area contributed by atoms with E-state index in [0.29, 0.717) is 25.7 Å². The van der Waals surface area contributed by atoms with Gasteiger partial charge in [0, 0.05) is 31.1 Å². The van der Waals surface area contributed by atoms with Gasteiger partial charge < -0.3 is 15.4 Å². The summed E-state index contributed by atoms with van der Waals surface area (Å²) in [5.41, 5.74) is 0.930. The predicted molar refractivity (Wildman–Crippen MR) is 93.9 cm³/mol. The van der Waals surface area contributed by atoms with Crippen LogP contribution in [0, 0.1) is 17.7 Å². The van der Waals surface area contributed by atoms with E-state index in [9.17, 15) is 9.18 Å². The molecule has 2 aliphatic heterocycles. The molecule has 24 heavy (non-hydrogen) atoms. The maximum Gasteiger partial charge on any atom is 0.223 e. The molecule has 6 heteroatoms. The largest absolute Gasteiger partial charge is 0.381 e. The minimum Gasteiger partial charge on any atom is -0.381 e. The molecule has 0 bridgehead atoms. The van der Waals surface area contributed by atoms with E-state index in [2.05, 4.69) is 10.6 Å². The van der Waals surface area contributed by atoms with E-state index >= 15 is 0 Å². The number of amides is 1. The normalized spacial score (nSPS) is 21.2. The number of nitrogens with one attached hydrogen (secondary N) is 2. The molecule has 0 radical (unpaired) electrons. The van der Waals surface area contributed by atoms with Crippen LogP contribution < -0.4 is 10.6 Å². The highest BCUT2D eigenvalue weighted by atomic mass is 35.5. The number of carbonyl (C=O) groups is 1. The molecule has 1 unspecified atom stereocenters. The maximum absolute atomic E-state index is 13.2. The maximum atomic E-state index is 13.2. The van der Waals surface area contributed by atoms with E-state index in [1.54, 1.807) is 0 Å². The highest BCUT2D eigenvalue weighted by Gasteiger charge is 2.36. The van der Waals surface area contributed by atoms with Gasteiger partial charge in [0.05, 0.1) is 0 Å². The van der Waals surface area contributed by atoms with E-state index in [0.717, 1.165) is 31.5 Å². The fourth-order valence-electron chi connectivity index (χ4n) is 3.43. The van der Waals surface area contributed by atoms with Crippen molar-refractivity contribution in [3.05, 3.63) is 35.6 Å². The van der Waals surface area contributed by atoms with Gasteiger partial charge in [-0.25, -0.2) is 4.39 Å². The van der Waals surface area contributed by atoms with Crippen LogP contribution in [0.5, 0.6) is 0 Å². The molecule has 0 aliphatic carbocycles. The van der Waals surface area contributed by atoms with Gasteiger partial charge in [-0.3, -0.25) is 4.79 Å². The lowest BCUT2D eigenvalue weighted by Gasteiger charge is -2.39. The molecule has 0 spiro atoms. The van der Waals surface area contributed by atoms with Crippen molar-refractivity contribution < 1.29 is 13.9 Å². The monoisotopic (exact) mass is 356 g/mol. The zero-order valence-corrected chi connectivity index (χ0v) is 14.8. The van der Waals surface area contributed by atoms with Crippen LogP contribution >= 0.6 is 12.4 Å². The standard InChI is InChI=1S/C18H25FN2O2.ClH/c1-13(14-10-20-11-14)17(22)21-12-18(6-8-23-9-7-18)15-2-4-16(19)5-3-15;/h2-5,13-14,20H,6-12H2,1H3,(H,21,22);1H. The number of hydrogen-bond acceptors (Lipinski definition) is 3. The van der Waals surface area contributed by atoms with Gasteiger partial charge in [-0.2, -0.15) is 0 Å². The Hall–Kier alpha value is -1.17. The molecule has 4 nitrogen and oxygen atoms in total. The van der Waals surface area contributed by atoms with Crippen molar-refractivity contribution in [2.45, 2.75) is 25.2 Å². The molecular formula is C18H26ClFN2O2. The molecule has 1 amide bonds. The van der Waals surface area contributed by atoms with Gasteiger partial charge in [0.1, 0.15) is 5.82 Å². The fourth-order valence-corrected chi connectivity index (χ4v) is 3.43. The summed E-state index contributed by atoms with van der Waals surface area (Å²) >= 11 is 0. The number of benzene rings is 1. The fraction of sp³-hybridized carbons (Fsp3) is 0.611. The lowest BCUT2D eigenvalue weighted by atomic mass is 9.74. The summed E-state index contributed by atoms with van der Waals surface area (Å²) in [4.78, 5) is 12.4. The minimum absolute atomic E-state index is 0. The number of ether oxygens (including phenoxy) is 1. The average molecular weight is 357 g/mol. The van der Waals surface area contributed by atoms with E-state index in [1.165, 1.54) is 12.1 Å². The first-order valence-corrected chi connectivity index (χ1v) is 8.43. The van der Waals surface area contributed by atoms with Crippen LogP contribution in [-0.2, 0) is 14.9 Å². The molecule has 3 rings (SSSR count). The number of carbonyl (C=O) groups excluding carboxylic acids is 1. The molecule has 134 valence electrons. The molecule has 1 aromatic carbocycles. The zero-order chi connectivity index (χ0) is 16.3. The Kier molecular flexibility index (Phi) is 6.61. The Balaban J connectivity index is 0.00000208. The Labute approximate surface area is 148 Å². The molecule has 0 aromatic heterocycles. The second kappa shape index (κ2) is 8.28. The lowest BCUT2D eigenvalue weighted by molar-refractivity contribution is -0.127. The Morgan fingerprint density at radius 2 is 1.96 bits per heavy atom. The second-order valence-electron chi connectivity index (χ2n) is 6.82. The zero-order valence-electron chi connectivity index (χ0n) is 14.0. The van der Waals surface area contributed by atoms with Crippen molar-refractivity contribution in [2.75, 3.05) is 32.8 Å². The molecule has 1 atom stereocenters. The SMILES string of the molecule is CC(C(=O)NCC1(c2ccc(F)cc2)CCOCC1)C1CNC1.Cl. The second-order valence-corrected chi connectivity index (χ2v) is 6.82. The molecule has 2 aliphatic rings. The molecule has 0 saturated carbocycles. The van der Waals surface area contributed by atoms with Crippen LogP contribution in [0.15, 0.2) is 24.3 Å². The van der Waals surface area contributed by atoms with Crippen molar-refractivity contribution in [3.63, 3.8) is 0 Å². The Morgan fingerprint density at radius 1 is 1.33 bits per heavy atom. The van der Waals surface area contributed by atoms with Crippen LogP contribution in [0.3, 0.4) is 0 Å². The summed E-state index contributed by atoms with van der Waals surface area (Å²) in [6.07, 6.45) is 1.69. The van der Waals surface area contributed by atoms with Gasteiger partial charge in [0.15, 0.2) is 0 Å². The first-order chi connectivity index (χ1) is 11.1. The van der Waals surface area contributed by atoms with E-state index in [-0.39, 0.29) is 35.5 Å². The van der Waals surface area contributed by atoms with E-state index < -0.39 is 0 Å². The van der Waals surface area contributed by atoms with Crippen LogP contribution in [0.4, 0.5) is 4.39 Å². The smallest absolute Gasteiger partial charge is 0.223 e. The van der Waals surface area contributed by atoms with Crippen molar-refractivity contribution in [3.8, 4) is 0 Å². The Morgan fingerprint density at radius 3 is 2.50 bits per heavy atom. The summed E-state index contributed by atoms with van der Waals surface area (Å²) in [7, 11) is 0. The first kappa shape index (κ1) is 19.2. The quantitative estimate of drug-likeness (QED) is 0.851. The highest BCUT2D eigenvalue weighted by molar-refractivity contribution is 5.85. The highest BCUT2D eigenvalue weighted by Crippen LogP contribution is 2.34. The summed E-state index contributed by atoms with van der Waals surface area (Å²) in [6, 6.07) is 6.67.